The Bertz CT molecular complexity index is 1100. The second-order valence-electron chi connectivity index (χ2n) is 8.10. The average Bonchev–Trinajstić information content (AvgIpc) is 2.81. The van der Waals surface area contributed by atoms with Gasteiger partial charge in [0.05, 0.1) is 17.5 Å². The van der Waals surface area contributed by atoms with Gasteiger partial charge in [-0.2, -0.15) is 13.2 Å². The van der Waals surface area contributed by atoms with Crippen LogP contribution in [0.2, 0.25) is 0 Å². The smallest absolute Gasteiger partial charge is 0.416 e. The van der Waals surface area contributed by atoms with Crippen molar-refractivity contribution in [1.29, 1.82) is 0 Å². The van der Waals surface area contributed by atoms with Crippen LogP contribution in [0.5, 0.6) is 5.75 Å². The number of rotatable bonds is 7. The lowest BCUT2D eigenvalue weighted by Crippen LogP contribution is -2.52. The number of alkyl halides is 3. The van der Waals surface area contributed by atoms with E-state index in [2.05, 4.69) is 0 Å². The fourth-order valence-corrected chi connectivity index (χ4v) is 4.17. The number of carbonyl (C=O) groups excluding carboxylic acids is 1. The predicted molar refractivity (Wildman–Crippen MR) is 125 cm³/mol. The molecule has 186 valence electrons. The van der Waals surface area contributed by atoms with E-state index < -0.39 is 27.9 Å². The number of anilines is 2. The summed E-state index contributed by atoms with van der Waals surface area (Å²) in [5.41, 5.74) is 0.251. The molecule has 2 aromatic carbocycles. The number of nitrogens with zero attached hydrogens (tertiary/aromatic N) is 3. The first-order valence-corrected chi connectivity index (χ1v) is 12.7. The van der Waals surface area contributed by atoms with Gasteiger partial charge in [0.1, 0.15) is 5.75 Å². The van der Waals surface area contributed by atoms with Crippen LogP contribution in [0.15, 0.2) is 48.5 Å². The van der Waals surface area contributed by atoms with Gasteiger partial charge in [0, 0.05) is 38.9 Å². The van der Waals surface area contributed by atoms with E-state index in [1.54, 1.807) is 35.2 Å². The third-order valence-corrected chi connectivity index (χ3v) is 6.96. The summed E-state index contributed by atoms with van der Waals surface area (Å²) in [5, 5.41) is 0. The summed E-state index contributed by atoms with van der Waals surface area (Å²) in [6.07, 6.45) is -3.59. The zero-order valence-electron chi connectivity index (χ0n) is 19.2. The van der Waals surface area contributed by atoms with Gasteiger partial charge in [-0.3, -0.25) is 9.10 Å². The summed E-state index contributed by atoms with van der Waals surface area (Å²) < 4.78 is 69.4. The van der Waals surface area contributed by atoms with Gasteiger partial charge in [0.15, 0.2) is 6.10 Å². The molecule has 2 aromatic rings. The van der Waals surface area contributed by atoms with Crippen LogP contribution < -0.4 is 13.9 Å². The number of sulfonamides is 1. The predicted octanol–water partition coefficient (Wildman–Crippen LogP) is 3.61. The summed E-state index contributed by atoms with van der Waals surface area (Å²) in [5.74, 6) is 0.247. The Balaban J connectivity index is 1.60. The monoisotopic (exact) mass is 499 g/mol. The molecule has 11 heteroatoms. The molecule has 0 bridgehead atoms. The molecular weight excluding hydrogens is 471 g/mol. The minimum absolute atomic E-state index is 0.191. The lowest BCUT2D eigenvalue weighted by atomic mass is 10.1. The molecule has 1 saturated heterocycles. The van der Waals surface area contributed by atoms with Gasteiger partial charge >= 0.3 is 6.18 Å². The number of hydrogen-bond acceptors (Lipinski definition) is 5. The molecule has 1 amide bonds. The van der Waals surface area contributed by atoms with E-state index in [0.29, 0.717) is 49.7 Å². The molecule has 1 atom stereocenters. The summed E-state index contributed by atoms with van der Waals surface area (Å²) in [6.45, 7) is 3.39. The normalized spacial score (nSPS) is 15.7. The first kappa shape index (κ1) is 25.7. The van der Waals surface area contributed by atoms with Gasteiger partial charge in [0.25, 0.3) is 5.91 Å². The quantitative estimate of drug-likeness (QED) is 0.582. The van der Waals surface area contributed by atoms with Crippen LogP contribution in [0.4, 0.5) is 24.5 Å². The van der Waals surface area contributed by atoms with E-state index in [-0.39, 0.29) is 5.91 Å². The van der Waals surface area contributed by atoms with Crippen molar-refractivity contribution in [2.45, 2.75) is 25.6 Å². The second-order valence-corrected chi connectivity index (χ2v) is 10.1. The van der Waals surface area contributed by atoms with Crippen molar-refractivity contribution in [3.8, 4) is 5.75 Å². The Hall–Kier alpha value is -2.95. The standard InChI is InChI=1S/C23H28F3N3O4S/c1-4-21(33-20-10-8-18(9-11-20)27(2)34(3,31)32)22(30)29-14-12-28(13-15-29)19-7-5-6-17(16-19)23(24,25)26/h5-11,16,21H,4,12-15H2,1-3H3/t21-/m0/s1. The molecule has 0 unspecified atom stereocenters. The van der Waals surface area contributed by atoms with Crippen LogP contribution >= 0.6 is 0 Å². The van der Waals surface area contributed by atoms with Crippen molar-refractivity contribution in [2.75, 3.05) is 48.7 Å². The molecule has 0 radical (unpaired) electrons. The molecule has 7 nitrogen and oxygen atoms in total. The minimum Gasteiger partial charge on any atom is -0.481 e. The van der Waals surface area contributed by atoms with Crippen LogP contribution in [-0.2, 0) is 21.0 Å². The van der Waals surface area contributed by atoms with Crippen molar-refractivity contribution >= 4 is 27.3 Å². The topological polar surface area (TPSA) is 70.2 Å². The van der Waals surface area contributed by atoms with Gasteiger partial charge in [-0.25, -0.2) is 8.42 Å². The van der Waals surface area contributed by atoms with Gasteiger partial charge in [0.2, 0.25) is 10.0 Å². The van der Waals surface area contributed by atoms with E-state index in [4.69, 9.17) is 4.74 Å². The van der Waals surface area contributed by atoms with Crippen LogP contribution in [0, 0.1) is 0 Å². The molecule has 0 N–H and O–H groups in total. The zero-order valence-corrected chi connectivity index (χ0v) is 20.1. The van der Waals surface area contributed by atoms with Crippen LogP contribution in [0.3, 0.4) is 0 Å². The van der Waals surface area contributed by atoms with E-state index in [1.165, 1.54) is 13.1 Å². The number of halogens is 3. The highest BCUT2D eigenvalue weighted by Gasteiger charge is 2.32. The number of carbonyl (C=O) groups is 1. The largest absolute Gasteiger partial charge is 0.481 e. The molecule has 1 heterocycles. The van der Waals surface area contributed by atoms with Gasteiger partial charge in [-0.1, -0.05) is 13.0 Å². The Morgan fingerprint density at radius 2 is 1.71 bits per heavy atom. The summed E-state index contributed by atoms with van der Waals surface area (Å²) in [4.78, 5) is 16.5. The third-order valence-electron chi connectivity index (χ3n) is 5.75. The molecule has 0 aromatic heterocycles. The summed E-state index contributed by atoms with van der Waals surface area (Å²) in [6, 6.07) is 11.6. The van der Waals surface area contributed by atoms with Crippen LogP contribution in [0.1, 0.15) is 18.9 Å². The molecule has 1 aliphatic rings. The minimum atomic E-state index is -4.40. The number of ether oxygens (including phenoxy) is 1. The number of piperazine rings is 1. The van der Waals surface area contributed by atoms with Gasteiger partial charge in [-0.05, 0) is 48.9 Å². The highest BCUT2D eigenvalue weighted by atomic mass is 32.2. The Morgan fingerprint density at radius 1 is 1.09 bits per heavy atom. The van der Waals surface area contributed by atoms with Crippen molar-refractivity contribution in [2.24, 2.45) is 0 Å². The summed E-state index contributed by atoms with van der Waals surface area (Å²) in [7, 11) is -1.94. The Kier molecular flexibility index (Phi) is 7.64. The van der Waals surface area contributed by atoms with Gasteiger partial charge in [-0.15, -0.1) is 0 Å². The number of amides is 1. The SMILES string of the molecule is CC[C@H](Oc1ccc(N(C)S(C)(=O)=O)cc1)C(=O)N1CCN(c2cccc(C(F)(F)F)c2)CC1. The molecule has 0 aliphatic carbocycles. The first-order valence-electron chi connectivity index (χ1n) is 10.8. The fraction of sp³-hybridized carbons (Fsp3) is 0.435. The Morgan fingerprint density at radius 3 is 2.24 bits per heavy atom. The van der Waals surface area contributed by atoms with E-state index in [0.717, 1.165) is 22.7 Å². The number of hydrogen-bond donors (Lipinski definition) is 0. The molecule has 0 spiro atoms. The van der Waals surface area contributed by atoms with Crippen LogP contribution in [-0.4, -0.2) is 64.8 Å². The highest BCUT2D eigenvalue weighted by molar-refractivity contribution is 7.92. The third kappa shape index (κ3) is 6.13. The number of benzene rings is 2. The Labute approximate surface area is 197 Å². The van der Waals surface area contributed by atoms with Crippen molar-refractivity contribution in [3.05, 3.63) is 54.1 Å². The maximum absolute atomic E-state index is 13.0. The zero-order chi connectivity index (χ0) is 25.1. The molecule has 0 saturated carbocycles. The van der Waals surface area contributed by atoms with E-state index >= 15 is 0 Å². The van der Waals surface area contributed by atoms with E-state index in [9.17, 15) is 26.4 Å². The van der Waals surface area contributed by atoms with Crippen molar-refractivity contribution < 1.29 is 31.1 Å². The first-order chi connectivity index (χ1) is 15.9. The van der Waals surface area contributed by atoms with Crippen molar-refractivity contribution in [1.82, 2.24) is 4.90 Å². The molecule has 1 fully saturated rings. The van der Waals surface area contributed by atoms with Crippen molar-refractivity contribution in [3.63, 3.8) is 0 Å². The fourth-order valence-electron chi connectivity index (χ4n) is 3.67. The highest BCUT2D eigenvalue weighted by Crippen LogP contribution is 2.32. The molecular formula is C23H28F3N3O4S. The average molecular weight is 500 g/mol. The summed E-state index contributed by atoms with van der Waals surface area (Å²) >= 11 is 0. The van der Waals surface area contributed by atoms with Crippen LogP contribution in [0.25, 0.3) is 0 Å². The molecule has 34 heavy (non-hydrogen) atoms. The molecule has 3 rings (SSSR count). The second kappa shape index (κ2) is 10.1. The maximum atomic E-state index is 13.0. The lowest BCUT2D eigenvalue weighted by Gasteiger charge is -2.37. The van der Waals surface area contributed by atoms with Gasteiger partial charge < -0.3 is 14.5 Å². The maximum Gasteiger partial charge on any atom is 0.416 e. The van der Waals surface area contributed by atoms with E-state index in [1.807, 2.05) is 11.8 Å². The molecule has 1 aliphatic heterocycles. The lowest BCUT2D eigenvalue weighted by molar-refractivity contribution is -0.139.